The Morgan fingerprint density at radius 3 is 2.57 bits per heavy atom. The number of nitrogens with zero attached hydrogens (tertiary/aromatic N) is 2. The third-order valence-corrected chi connectivity index (χ3v) is 6.41. The number of ether oxygens (including phenoxy) is 2. The highest BCUT2D eigenvalue weighted by atomic mass is 32.1. The van der Waals surface area contributed by atoms with Crippen molar-refractivity contribution in [2.75, 3.05) is 25.2 Å². The van der Waals surface area contributed by atoms with Crippen molar-refractivity contribution in [1.29, 1.82) is 0 Å². The van der Waals surface area contributed by atoms with Gasteiger partial charge in [0.25, 0.3) is 5.91 Å². The molecule has 1 aliphatic heterocycles. The molecule has 0 bridgehead atoms. The van der Waals surface area contributed by atoms with Crippen LogP contribution in [-0.4, -0.2) is 42.1 Å². The summed E-state index contributed by atoms with van der Waals surface area (Å²) in [4.78, 5) is 32.4. The molecular formula is C27H28N2O5S. The van der Waals surface area contributed by atoms with Crippen LogP contribution in [0.3, 0.4) is 0 Å². The van der Waals surface area contributed by atoms with Crippen molar-refractivity contribution in [2.24, 2.45) is 5.92 Å². The number of hydrogen-bond acceptors (Lipinski definition) is 7. The van der Waals surface area contributed by atoms with Crippen LogP contribution in [0.2, 0.25) is 0 Å². The van der Waals surface area contributed by atoms with Gasteiger partial charge in [0.2, 0.25) is 5.88 Å². The minimum Gasteiger partial charge on any atom is -0.503 e. The number of aliphatic hydroxyl groups excluding tert-OH is 1. The zero-order chi connectivity index (χ0) is 24.9. The average Bonchev–Trinajstić information content (AvgIpc) is 3.47. The molecule has 2 aromatic heterocycles. The number of ketones is 1. The van der Waals surface area contributed by atoms with Gasteiger partial charge in [-0.05, 0) is 58.1 Å². The van der Waals surface area contributed by atoms with E-state index in [9.17, 15) is 14.7 Å². The molecule has 35 heavy (non-hydrogen) atoms. The van der Waals surface area contributed by atoms with E-state index in [1.165, 1.54) is 4.90 Å². The summed E-state index contributed by atoms with van der Waals surface area (Å²) >= 11 is 1.61. The smallest absolute Gasteiger partial charge is 0.294 e. The molecule has 0 radical (unpaired) electrons. The number of amides is 1. The Balaban J connectivity index is 1.79. The number of carbonyl (C=O) groups excluding carboxylic acids is 2. The lowest BCUT2D eigenvalue weighted by Crippen LogP contribution is -2.31. The predicted molar refractivity (Wildman–Crippen MR) is 136 cm³/mol. The maximum absolute atomic E-state index is 13.4. The van der Waals surface area contributed by atoms with Crippen molar-refractivity contribution in [2.45, 2.75) is 26.3 Å². The molecule has 1 aliphatic rings. The van der Waals surface area contributed by atoms with Crippen LogP contribution in [0.1, 0.15) is 31.9 Å². The summed E-state index contributed by atoms with van der Waals surface area (Å²) in [6, 6.07) is 12.1. The van der Waals surface area contributed by atoms with Crippen molar-refractivity contribution in [3.8, 4) is 17.0 Å². The summed E-state index contributed by atoms with van der Waals surface area (Å²) in [5, 5.41) is 15.0. The zero-order valence-corrected chi connectivity index (χ0v) is 20.7. The van der Waals surface area contributed by atoms with Crippen LogP contribution >= 0.6 is 11.3 Å². The van der Waals surface area contributed by atoms with Crippen LogP contribution in [-0.2, 0) is 14.3 Å². The first-order valence-corrected chi connectivity index (χ1v) is 12.4. The van der Waals surface area contributed by atoms with Gasteiger partial charge in [-0.15, -0.1) is 0 Å². The normalized spacial score (nSPS) is 15.8. The van der Waals surface area contributed by atoms with Gasteiger partial charge in [0, 0.05) is 31.0 Å². The number of anilines is 1. The van der Waals surface area contributed by atoms with E-state index >= 15 is 0 Å². The predicted octanol–water partition coefficient (Wildman–Crippen LogP) is 5.35. The molecule has 1 aromatic carbocycles. The Morgan fingerprint density at radius 1 is 1.14 bits per heavy atom. The summed E-state index contributed by atoms with van der Waals surface area (Å²) in [7, 11) is 1.57. The highest BCUT2D eigenvalue weighted by Crippen LogP contribution is 2.44. The van der Waals surface area contributed by atoms with E-state index in [0.29, 0.717) is 17.9 Å². The van der Waals surface area contributed by atoms with Gasteiger partial charge in [-0.3, -0.25) is 14.5 Å². The van der Waals surface area contributed by atoms with Gasteiger partial charge in [-0.2, -0.15) is 11.3 Å². The van der Waals surface area contributed by atoms with Gasteiger partial charge < -0.3 is 14.6 Å². The summed E-state index contributed by atoms with van der Waals surface area (Å²) in [5.41, 5.74) is 3.24. The summed E-state index contributed by atoms with van der Waals surface area (Å²) in [5.74, 6) is -1.10. The van der Waals surface area contributed by atoms with Crippen molar-refractivity contribution in [3.63, 3.8) is 0 Å². The molecule has 1 atom stereocenters. The number of methoxy groups -OCH3 is 1. The molecule has 0 spiro atoms. The van der Waals surface area contributed by atoms with Gasteiger partial charge in [0.1, 0.15) is 12.6 Å². The second kappa shape index (κ2) is 10.8. The number of benzene rings is 1. The summed E-state index contributed by atoms with van der Waals surface area (Å²) in [6.45, 7) is 4.45. The molecule has 1 amide bonds. The maximum Gasteiger partial charge on any atom is 0.294 e. The van der Waals surface area contributed by atoms with Crippen molar-refractivity contribution < 1.29 is 24.2 Å². The van der Waals surface area contributed by atoms with E-state index < -0.39 is 17.7 Å². The highest BCUT2D eigenvalue weighted by Gasteiger charge is 2.45. The SMILES string of the molecule is COCCOc1ncccc1C1C(C(=O)CC(C)C)=C(O)C(=O)N1c1ccc(-c2ccsc2)cc1. The molecule has 0 fully saturated rings. The third kappa shape index (κ3) is 5.13. The largest absolute Gasteiger partial charge is 0.503 e. The molecule has 3 heterocycles. The molecule has 1 N–H and O–H groups in total. The van der Waals surface area contributed by atoms with Crippen LogP contribution in [0.4, 0.5) is 5.69 Å². The molecule has 0 aliphatic carbocycles. The molecule has 4 rings (SSSR count). The second-order valence-electron chi connectivity index (χ2n) is 8.66. The van der Waals surface area contributed by atoms with Gasteiger partial charge in [0.05, 0.1) is 12.2 Å². The lowest BCUT2D eigenvalue weighted by atomic mass is 9.92. The average molecular weight is 493 g/mol. The highest BCUT2D eigenvalue weighted by molar-refractivity contribution is 7.08. The number of rotatable bonds is 10. The zero-order valence-electron chi connectivity index (χ0n) is 19.9. The fourth-order valence-electron chi connectivity index (χ4n) is 4.13. The quantitative estimate of drug-likeness (QED) is 0.384. The Hall–Kier alpha value is -3.49. The van der Waals surface area contributed by atoms with Crippen molar-refractivity contribution in [1.82, 2.24) is 4.98 Å². The number of thiophene rings is 1. The first-order chi connectivity index (χ1) is 16.9. The van der Waals surface area contributed by atoms with Crippen LogP contribution in [0.5, 0.6) is 5.88 Å². The van der Waals surface area contributed by atoms with E-state index in [2.05, 4.69) is 4.98 Å². The van der Waals surface area contributed by atoms with Gasteiger partial charge in [-0.1, -0.05) is 26.0 Å². The number of pyridine rings is 1. The Morgan fingerprint density at radius 2 is 1.91 bits per heavy atom. The Bertz CT molecular complexity index is 1220. The third-order valence-electron chi connectivity index (χ3n) is 5.72. The number of Topliss-reactive ketones (excluding diaryl/α,β-unsaturated/α-hetero) is 1. The second-order valence-corrected chi connectivity index (χ2v) is 9.44. The fourth-order valence-corrected chi connectivity index (χ4v) is 4.79. The molecule has 3 aromatic rings. The fraction of sp³-hybridized carbons (Fsp3) is 0.296. The molecule has 182 valence electrons. The first kappa shape index (κ1) is 24.6. The van der Waals surface area contributed by atoms with E-state index in [-0.39, 0.29) is 36.2 Å². The lowest BCUT2D eigenvalue weighted by Gasteiger charge is -2.28. The molecule has 8 heteroatoms. The van der Waals surface area contributed by atoms with E-state index in [1.807, 2.05) is 54.9 Å². The monoisotopic (exact) mass is 492 g/mol. The van der Waals surface area contributed by atoms with Crippen LogP contribution in [0.25, 0.3) is 11.1 Å². The van der Waals surface area contributed by atoms with Crippen molar-refractivity contribution in [3.05, 3.63) is 76.3 Å². The van der Waals surface area contributed by atoms with Crippen molar-refractivity contribution >= 4 is 28.7 Å². The Labute approximate surface area is 208 Å². The number of hydrogen-bond donors (Lipinski definition) is 1. The summed E-state index contributed by atoms with van der Waals surface area (Å²) < 4.78 is 10.9. The first-order valence-electron chi connectivity index (χ1n) is 11.4. The maximum atomic E-state index is 13.4. The van der Waals surface area contributed by atoms with E-state index in [0.717, 1.165) is 11.1 Å². The molecular weight excluding hydrogens is 464 g/mol. The minimum absolute atomic E-state index is 0.0591. The van der Waals surface area contributed by atoms with Crippen LogP contribution in [0.15, 0.2) is 70.8 Å². The summed E-state index contributed by atoms with van der Waals surface area (Å²) in [6.07, 6.45) is 1.79. The number of aromatic nitrogens is 1. The lowest BCUT2D eigenvalue weighted by molar-refractivity contribution is -0.118. The number of aliphatic hydroxyl groups is 1. The molecule has 0 saturated heterocycles. The standard InChI is InChI=1S/C27H28N2O5S/c1-17(2)15-22(30)23-24(21-5-4-11-28-26(21)34-13-12-33-3)29(27(32)25(23)31)20-8-6-18(7-9-20)19-10-14-35-16-19/h4-11,14,16-17,24,31H,12-13,15H2,1-3H3. The molecule has 1 unspecified atom stereocenters. The van der Waals surface area contributed by atoms with Crippen LogP contribution in [0, 0.1) is 5.92 Å². The minimum atomic E-state index is -0.869. The molecule has 0 saturated carbocycles. The Kier molecular flexibility index (Phi) is 7.63. The van der Waals surface area contributed by atoms with E-state index in [1.54, 1.807) is 36.8 Å². The van der Waals surface area contributed by atoms with Gasteiger partial charge in [-0.25, -0.2) is 4.98 Å². The van der Waals surface area contributed by atoms with Gasteiger partial charge in [0.15, 0.2) is 11.5 Å². The van der Waals surface area contributed by atoms with E-state index in [4.69, 9.17) is 9.47 Å². The number of carbonyl (C=O) groups is 2. The van der Waals surface area contributed by atoms with Gasteiger partial charge >= 0.3 is 0 Å². The van der Waals surface area contributed by atoms with Crippen LogP contribution < -0.4 is 9.64 Å². The molecule has 7 nitrogen and oxygen atoms in total. The topological polar surface area (TPSA) is 89.0 Å².